The number of benzene rings is 2. The molecule has 0 bridgehead atoms. The second-order valence-corrected chi connectivity index (χ2v) is 6.48. The van der Waals surface area contributed by atoms with E-state index in [1.807, 2.05) is 12.1 Å². The number of halogens is 5. The van der Waals surface area contributed by atoms with Crippen molar-refractivity contribution in [1.82, 2.24) is 0 Å². The normalized spacial score (nSPS) is 12.5. The van der Waals surface area contributed by atoms with Crippen LogP contribution in [0.3, 0.4) is 0 Å². The molecule has 5 heteroatoms. The Labute approximate surface area is 132 Å². The maximum absolute atomic E-state index is 13.6. The molecule has 0 spiro atoms. The number of hydrogen-bond donors (Lipinski definition) is 0. The fraction of sp³-hybridized carbons (Fsp3) is 0.143. The Kier molecular flexibility index (Phi) is 4.98. The molecule has 19 heavy (non-hydrogen) atoms. The quantitative estimate of drug-likeness (QED) is 0.540. The Morgan fingerprint density at radius 1 is 1.16 bits per heavy atom. The van der Waals surface area contributed by atoms with Crippen molar-refractivity contribution in [3.05, 3.63) is 68.7 Å². The predicted octanol–water partition coefficient (Wildman–Crippen LogP) is 6.06. The third-order valence-electron chi connectivity index (χ3n) is 2.73. The zero-order valence-electron chi connectivity index (χ0n) is 9.64. The van der Waals surface area contributed by atoms with E-state index in [-0.39, 0.29) is 4.83 Å². The van der Waals surface area contributed by atoms with Crippen molar-refractivity contribution in [2.24, 2.45) is 0 Å². The molecule has 0 N–H and O–H groups in total. The molecule has 0 aliphatic heterocycles. The minimum absolute atomic E-state index is 0.186. The Morgan fingerprint density at radius 2 is 1.89 bits per heavy atom. The number of rotatable bonds is 3. The minimum atomic E-state index is -0.836. The molecule has 0 aliphatic rings. The van der Waals surface area contributed by atoms with Gasteiger partial charge in [0.25, 0.3) is 0 Å². The molecule has 100 valence electrons. The second-order valence-electron chi connectivity index (χ2n) is 4.05. The van der Waals surface area contributed by atoms with Gasteiger partial charge in [-0.2, -0.15) is 0 Å². The van der Waals surface area contributed by atoms with E-state index in [0.29, 0.717) is 17.0 Å². The number of alkyl halides is 1. The molecule has 0 amide bonds. The minimum Gasteiger partial charge on any atom is -0.204 e. The topological polar surface area (TPSA) is 0 Å². The fourth-order valence-corrected chi connectivity index (χ4v) is 3.25. The molecule has 0 saturated carbocycles. The molecule has 0 radical (unpaired) electrons. The summed E-state index contributed by atoms with van der Waals surface area (Å²) in [6.07, 6.45) is 0.319. The lowest BCUT2D eigenvalue weighted by Gasteiger charge is -2.13. The van der Waals surface area contributed by atoms with E-state index in [9.17, 15) is 8.78 Å². The van der Waals surface area contributed by atoms with Gasteiger partial charge in [-0.3, -0.25) is 0 Å². The second kappa shape index (κ2) is 6.33. The Balaban J connectivity index is 2.28. The van der Waals surface area contributed by atoms with Crippen molar-refractivity contribution in [3.63, 3.8) is 0 Å². The van der Waals surface area contributed by atoms with E-state index in [4.69, 9.17) is 11.6 Å². The van der Waals surface area contributed by atoms with E-state index < -0.39 is 11.6 Å². The molecular weight excluding hydrogens is 401 g/mol. The first kappa shape index (κ1) is 14.9. The van der Waals surface area contributed by atoms with Gasteiger partial charge in [-0.1, -0.05) is 55.6 Å². The largest absolute Gasteiger partial charge is 0.204 e. The van der Waals surface area contributed by atoms with E-state index >= 15 is 0 Å². The third-order valence-corrected chi connectivity index (χ3v) is 4.38. The van der Waals surface area contributed by atoms with Crippen LogP contribution in [0, 0.1) is 11.6 Å². The van der Waals surface area contributed by atoms with Gasteiger partial charge in [0.1, 0.15) is 0 Å². The first-order chi connectivity index (χ1) is 8.99. The summed E-state index contributed by atoms with van der Waals surface area (Å²) in [6, 6.07) is 9.62. The highest BCUT2D eigenvalue weighted by molar-refractivity contribution is 9.10. The van der Waals surface area contributed by atoms with Crippen LogP contribution in [0.4, 0.5) is 8.78 Å². The first-order valence-corrected chi connectivity index (χ1v) is 7.59. The van der Waals surface area contributed by atoms with Gasteiger partial charge < -0.3 is 0 Å². The zero-order valence-corrected chi connectivity index (χ0v) is 13.6. The van der Waals surface area contributed by atoms with Crippen molar-refractivity contribution in [1.29, 1.82) is 0 Å². The summed E-state index contributed by atoms with van der Waals surface area (Å²) in [4.78, 5) is -0.186. The van der Waals surface area contributed by atoms with Gasteiger partial charge in [-0.15, -0.1) is 0 Å². The van der Waals surface area contributed by atoms with Gasteiger partial charge in [0.2, 0.25) is 0 Å². The fourth-order valence-electron chi connectivity index (χ4n) is 1.76. The molecule has 2 rings (SSSR count). The molecule has 0 aliphatic carbocycles. The van der Waals surface area contributed by atoms with E-state index in [2.05, 4.69) is 31.9 Å². The highest BCUT2D eigenvalue weighted by Gasteiger charge is 2.16. The van der Waals surface area contributed by atoms with Crippen molar-refractivity contribution < 1.29 is 8.78 Å². The van der Waals surface area contributed by atoms with Gasteiger partial charge in [-0.25, -0.2) is 8.78 Å². The highest BCUT2D eigenvalue weighted by Crippen LogP contribution is 2.34. The first-order valence-electron chi connectivity index (χ1n) is 5.51. The lowest BCUT2D eigenvalue weighted by atomic mass is 10.0. The predicted molar refractivity (Wildman–Crippen MR) is 80.9 cm³/mol. The Hall–Kier alpha value is -0.450. The lowest BCUT2D eigenvalue weighted by Crippen LogP contribution is -2.00. The van der Waals surface area contributed by atoms with Crippen LogP contribution in [0.5, 0.6) is 0 Å². The van der Waals surface area contributed by atoms with Gasteiger partial charge in [0, 0.05) is 14.3 Å². The van der Waals surface area contributed by atoms with Crippen LogP contribution >= 0.6 is 43.5 Å². The Morgan fingerprint density at radius 3 is 2.63 bits per heavy atom. The van der Waals surface area contributed by atoms with E-state index in [1.54, 1.807) is 12.1 Å². The van der Waals surface area contributed by atoms with Crippen LogP contribution in [0.2, 0.25) is 5.02 Å². The molecule has 0 aromatic heterocycles. The number of hydrogen-bond acceptors (Lipinski definition) is 0. The summed E-state index contributed by atoms with van der Waals surface area (Å²) in [6.45, 7) is 0. The molecule has 1 unspecified atom stereocenters. The van der Waals surface area contributed by atoms with Gasteiger partial charge in [0.15, 0.2) is 11.6 Å². The summed E-state index contributed by atoms with van der Waals surface area (Å²) >= 11 is 12.9. The average molecular weight is 410 g/mol. The van der Waals surface area contributed by atoms with Gasteiger partial charge in [0.05, 0.1) is 0 Å². The zero-order chi connectivity index (χ0) is 14.0. The third kappa shape index (κ3) is 3.56. The lowest BCUT2D eigenvalue weighted by molar-refractivity contribution is 0.498. The monoisotopic (exact) mass is 408 g/mol. The van der Waals surface area contributed by atoms with Crippen molar-refractivity contribution in [3.8, 4) is 0 Å². The molecule has 0 heterocycles. The standard InChI is InChI=1S/C14H9Br2ClF2/c15-9-4-5-12(17)10(7-9)11(16)6-8-2-1-3-13(18)14(8)19/h1-5,7,11H,6H2. The molecule has 0 saturated heterocycles. The van der Waals surface area contributed by atoms with Gasteiger partial charge in [-0.05, 0) is 41.8 Å². The molecule has 2 aromatic carbocycles. The van der Waals surface area contributed by atoms with Gasteiger partial charge >= 0.3 is 0 Å². The molecular formula is C14H9Br2ClF2. The van der Waals surface area contributed by atoms with Crippen LogP contribution in [0.1, 0.15) is 16.0 Å². The van der Waals surface area contributed by atoms with Crippen LogP contribution in [-0.4, -0.2) is 0 Å². The van der Waals surface area contributed by atoms with E-state index in [1.165, 1.54) is 6.07 Å². The SMILES string of the molecule is Fc1cccc(CC(Br)c2cc(Br)ccc2Cl)c1F. The smallest absolute Gasteiger partial charge is 0.162 e. The molecule has 0 nitrogen and oxygen atoms in total. The van der Waals surface area contributed by atoms with Crippen LogP contribution in [-0.2, 0) is 6.42 Å². The summed E-state index contributed by atoms with van der Waals surface area (Å²) < 4.78 is 27.7. The summed E-state index contributed by atoms with van der Waals surface area (Å²) in [5.41, 5.74) is 1.15. The summed E-state index contributed by atoms with van der Waals surface area (Å²) in [5.74, 6) is -1.64. The van der Waals surface area contributed by atoms with Crippen molar-refractivity contribution >= 4 is 43.5 Å². The Bertz CT molecular complexity index is 602. The molecule has 0 fully saturated rings. The average Bonchev–Trinajstić information content (AvgIpc) is 2.38. The summed E-state index contributed by atoms with van der Waals surface area (Å²) in [5, 5.41) is 0.585. The highest BCUT2D eigenvalue weighted by atomic mass is 79.9. The van der Waals surface area contributed by atoms with Crippen molar-refractivity contribution in [2.45, 2.75) is 11.2 Å². The van der Waals surface area contributed by atoms with E-state index in [0.717, 1.165) is 16.1 Å². The summed E-state index contributed by atoms with van der Waals surface area (Å²) in [7, 11) is 0. The van der Waals surface area contributed by atoms with Crippen LogP contribution in [0.25, 0.3) is 0 Å². The maximum atomic E-state index is 13.6. The molecule has 1 atom stereocenters. The maximum Gasteiger partial charge on any atom is 0.162 e. The van der Waals surface area contributed by atoms with Crippen LogP contribution < -0.4 is 0 Å². The van der Waals surface area contributed by atoms with Crippen molar-refractivity contribution in [2.75, 3.05) is 0 Å². The van der Waals surface area contributed by atoms with Crippen LogP contribution in [0.15, 0.2) is 40.9 Å². The molecule has 2 aromatic rings.